The number of benzene rings is 1. The summed E-state index contributed by atoms with van der Waals surface area (Å²) < 4.78 is 36.6. The molecule has 1 atom stereocenters. The van der Waals surface area contributed by atoms with E-state index in [2.05, 4.69) is 4.72 Å². The maximum absolute atomic E-state index is 12.1. The van der Waals surface area contributed by atoms with Crippen molar-refractivity contribution < 1.29 is 27.8 Å². The second kappa shape index (κ2) is 7.28. The lowest BCUT2D eigenvalue weighted by Crippen LogP contribution is -2.27. The average molecular weight is 317 g/mol. The Labute approximate surface area is 123 Å². The van der Waals surface area contributed by atoms with Crippen molar-refractivity contribution in [2.45, 2.75) is 18.2 Å². The first-order valence-corrected chi connectivity index (χ1v) is 7.74. The van der Waals surface area contributed by atoms with Gasteiger partial charge in [-0.3, -0.25) is 4.79 Å². The summed E-state index contributed by atoms with van der Waals surface area (Å²) in [6, 6.07) is 4.24. The molecule has 8 heteroatoms. The molecule has 0 saturated carbocycles. The molecule has 0 heterocycles. The van der Waals surface area contributed by atoms with E-state index in [0.717, 1.165) is 0 Å². The molecule has 1 rings (SSSR count). The lowest BCUT2D eigenvalue weighted by molar-refractivity contribution is -0.141. The first-order valence-electron chi connectivity index (χ1n) is 6.26. The van der Waals surface area contributed by atoms with Gasteiger partial charge in [-0.1, -0.05) is 6.92 Å². The third-order valence-corrected chi connectivity index (χ3v) is 4.42. The second-order valence-electron chi connectivity index (χ2n) is 4.44. The van der Waals surface area contributed by atoms with Crippen LogP contribution in [-0.2, 0) is 14.8 Å². The summed E-state index contributed by atoms with van der Waals surface area (Å²) in [5.41, 5.74) is 0. The molecular formula is C13H19NO6S. The summed E-state index contributed by atoms with van der Waals surface area (Å²) in [4.78, 5) is 10.7. The zero-order valence-electron chi connectivity index (χ0n) is 12.1. The van der Waals surface area contributed by atoms with Crippen LogP contribution in [0.4, 0.5) is 0 Å². The van der Waals surface area contributed by atoms with Crippen molar-refractivity contribution in [1.82, 2.24) is 4.72 Å². The first-order chi connectivity index (χ1) is 9.81. The molecule has 0 saturated heterocycles. The van der Waals surface area contributed by atoms with Crippen LogP contribution in [0.1, 0.15) is 13.3 Å². The van der Waals surface area contributed by atoms with Crippen LogP contribution in [0.3, 0.4) is 0 Å². The van der Waals surface area contributed by atoms with Crippen molar-refractivity contribution in [2.75, 3.05) is 20.8 Å². The molecule has 1 unspecified atom stereocenters. The van der Waals surface area contributed by atoms with Gasteiger partial charge in [0, 0.05) is 12.6 Å². The predicted octanol–water partition coefficient (Wildman–Crippen LogP) is 1.09. The van der Waals surface area contributed by atoms with Crippen LogP contribution < -0.4 is 14.2 Å². The summed E-state index contributed by atoms with van der Waals surface area (Å²) in [7, 11) is -0.849. The molecule has 0 bridgehead atoms. The summed E-state index contributed by atoms with van der Waals surface area (Å²) in [5.74, 6) is -0.839. The van der Waals surface area contributed by atoms with E-state index in [1.807, 2.05) is 0 Å². The van der Waals surface area contributed by atoms with E-state index in [4.69, 9.17) is 14.6 Å². The van der Waals surface area contributed by atoms with E-state index in [0.29, 0.717) is 11.5 Å². The molecule has 7 nitrogen and oxygen atoms in total. The molecule has 21 heavy (non-hydrogen) atoms. The fraction of sp³-hybridized carbons (Fsp3) is 0.462. The van der Waals surface area contributed by atoms with E-state index in [1.54, 1.807) is 0 Å². The Kier molecular flexibility index (Phi) is 5.98. The van der Waals surface area contributed by atoms with Gasteiger partial charge in [-0.2, -0.15) is 0 Å². The molecule has 0 radical (unpaired) electrons. The van der Waals surface area contributed by atoms with Crippen LogP contribution >= 0.6 is 0 Å². The minimum Gasteiger partial charge on any atom is -0.493 e. The minimum atomic E-state index is -3.72. The molecular weight excluding hydrogens is 298 g/mol. The smallest absolute Gasteiger partial charge is 0.306 e. The lowest BCUT2D eigenvalue weighted by Gasteiger charge is -2.11. The monoisotopic (exact) mass is 317 g/mol. The molecule has 0 aromatic heterocycles. The number of hydrogen-bond acceptors (Lipinski definition) is 5. The fourth-order valence-electron chi connectivity index (χ4n) is 1.60. The van der Waals surface area contributed by atoms with Crippen molar-refractivity contribution >= 4 is 16.0 Å². The van der Waals surface area contributed by atoms with Gasteiger partial charge in [0.15, 0.2) is 11.5 Å². The van der Waals surface area contributed by atoms with Crippen molar-refractivity contribution in [3.05, 3.63) is 18.2 Å². The van der Waals surface area contributed by atoms with Crippen LogP contribution in [0.25, 0.3) is 0 Å². The molecule has 0 fully saturated rings. The van der Waals surface area contributed by atoms with E-state index < -0.39 is 21.9 Å². The van der Waals surface area contributed by atoms with Gasteiger partial charge in [0.25, 0.3) is 0 Å². The predicted molar refractivity (Wildman–Crippen MR) is 76.2 cm³/mol. The standard InChI is InChI=1S/C13H19NO6S/c1-9(13(15)16)6-7-14-21(17,18)10-4-5-11(19-2)12(8-10)20-3/h4-5,8-9,14H,6-7H2,1-3H3,(H,15,16). The Hall–Kier alpha value is -1.80. The third-order valence-electron chi connectivity index (χ3n) is 2.96. The maximum atomic E-state index is 12.1. The molecule has 1 aromatic rings. The highest BCUT2D eigenvalue weighted by Gasteiger charge is 2.18. The van der Waals surface area contributed by atoms with E-state index in [1.165, 1.54) is 39.3 Å². The van der Waals surface area contributed by atoms with E-state index in [-0.39, 0.29) is 17.9 Å². The van der Waals surface area contributed by atoms with Crippen LogP contribution in [0.15, 0.2) is 23.1 Å². The van der Waals surface area contributed by atoms with Crippen molar-refractivity contribution in [2.24, 2.45) is 5.92 Å². The Morgan fingerprint density at radius 1 is 1.29 bits per heavy atom. The maximum Gasteiger partial charge on any atom is 0.306 e. The number of rotatable bonds is 8. The summed E-state index contributed by atoms with van der Waals surface area (Å²) in [5, 5.41) is 8.75. The van der Waals surface area contributed by atoms with Crippen LogP contribution in [0, 0.1) is 5.92 Å². The molecule has 0 aliphatic rings. The Balaban J connectivity index is 2.81. The number of methoxy groups -OCH3 is 2. The van der Waals surface area contributed by atoms with Gasteiger partial charge in [-0.25, -0.2) is 13.1 Å². The highest BCUT2D eigenvalue weighted by atomic mass is 32.2. The highest BCUT2D eigenvalue weighted by molar-refractivity contribution is 7.89. The number of carbonyl (C=O) groups is 1. The largest absolute Gasteiger partial charge is 0.493 e. The van der Waals surface area contributed by atoms with Gasteiger partial charge in [-0.15, -0.1) is 0 Å². The second-order valence-corrected chi connectivity index (χ2v) is 6.21. The van der Waals surface area contributed by atoms with Crippen LogP contribution in [-0.4, -0.2) is 40.3 Å². The SMILES string of the molecule is COc1ccc(S(=O)(=O)NCCC(C)C(=O)O)cc1OC. The zero-order valence-corrected chi connectivity index (χ0v) is 12.9. The van der Waals surface area contributed by atoms with Crippen molar-refractivity contribution in [1.29, 1.82) is 0 Å². The Morgan fingerprint density at radius 3 is 2.43 bits per heavy atom. The van der Waals surface area contributed by atoms with E-state index in [9.17, 15) is 13.2 Å². The van der Waals surface area contributed by atoms with Gasteiger partial charge in [-0.05, 0) is 18.6 Å². The number of hydrogen-bond donors (Lipinski definition) is 2. The molecule has 0 amide bonds. The van der Waals surface area contributed by atoms with Crippen molar-refractivity contribution in [3.8, 4) is 11.5 Å². The Bertz CT molecular complexity index is 599. The fourth-order valence-corrected chi connectivity index (χ4v) is 2.66. The first kappa shape index (κ1) is 17.3. The van der Waals surface area contributed by atoms with E-state index >= 15 is 0 Å². The zero-order chi connectivity index (χ0) is 16.0. The number of aliphatic carboxylic acids is 1. The topological polar surface area (TPSA) is 102 Å². The molecule has 0 aliphatic carbocycles. The number of sulfonamides is 1. The summed E-state index contributed by atoms with van der Waals surface area (Å²) in [6.45, 7) is 1.57. The number of nitrogens with one attached hydrogen (secondary N) is 1. The summed E-state index contributed by atoms with van der Waals surface area (Å²) in [6.07, 6.45) is 0.210. The number of ether oxygens (including phenoxy) is 2. The van der Waals surface area contributed by atoms with Gasteiger partial charge in [0.05, 0.1) is 25.0 Å². The van der Waals surface area contributed by atoms with Gasteiger partial charge >= 0.3 is 5.97 Å². The van der Waals surface area contributed by atoms with Crippen LogP contribution in [0.2, 0.25) is 0 Å². The number of carboxylic acid groups (broad SMARTS) is 1. The van der Waals surface area contributed by atoms with Crippen LogP contribution in [0.5, 0.6) is 11.5 Å². The molecule has 118 valence electrons. The third kappa shape index (κ3) is 4.61. The molecule has 2 N–H and O–H groups in total. The number of carboxylic acids is 1. The lowest BCUT2D eigenvalue weighted by atomic mass is 10.1. The molecule has 1 aromatic carbocycles. The van der Waals surface area contributed by atoms with Gasteiger partial charge < -0.3 is 14.6 Å². The van der Waals surface area contributed by atoms with Gasteiger partial charge in [0.1, 0.15) is 0 Å². The quantitative estimate of drug-likeness (QED) is 0.744. The molecule has 0 spiro atoms. The van der Waals surface area contributed by atoms with Crippen molar-refractivity contribution in [3.63, 3.8) is 0 Å². The Morgan fingerprint density at radius 2 is 1.90 bits per heavy atom. The summed E-state index contributed by atoms with van der Waals surface area (Å²) >= 11 is 0. The highest BCUT2D eigenvalue weighted by Crippen LogP contribution is 2.29. The molecule has 0 aliphatic heterocycles. The van der Waals surface area contributed by atoms with Gasteiger partial charge in [0.2, 0.25) is 10.0 Å². The normalized spacial score (nSPS) is 12.7. The average Bonchev–Trinajstić information content (AvgIpc) is 2.45. The minimum absolute atomic E-state index is 0.0307.